The van der Waals surface area contributed by atoms with E-state index in [1.54, 1.807) is 30.3 Å². The maximum atomic E-state index is 10.8. The Bertz CT molecular complexity index is 515. The molecule has 2 atom stereocenters. The minimum Gasteiger partial charge on any atom is -0.368 e. The fraction of sp³-hybridized carbons (Fsp3) is 0.600. The molecule has 0 N–H and O–H groups in total. The van der Waals surface area contributed by atoms with Crippen LogP contribution >= 0.6 is 0 Å². The van der Waals surface area contributed by atoms with Gasteiger partial charge in [0, 0.05) is 19.3 Å². The van der Waals surface area contributed by atoms with E-state index in [0.717, 1.165) is 0 Å². The number of hydrogen-bond donors (Lipinski definition) is 0. The first-order chi connectivity index (χ1) is 9.50. The molecule has 112 valence electrons. The van der Waals surface area contributed by atoms with E-state index in [-0.39, 0.29) is 0 Å². The maximum absolute atomic E-state index is 10.8. The Balaban J connectivity index is 0.000000147. The molecule has 0 aliphatic carbocycles. The number of hydrogen-bond acceptors (Lipinski definition) is 4. The van der Waals surface area contributed by atoms with Crippen LogP contribution in [0.1, 0.15) is 19.8 Å². The Morgan fingerprint density at radius 1 is 1.25 bits per heavy atom. The molecule has 4 nitrogen and oxygen atoms in total. The molecule has 2 aliphatic heterocycles. The summed E-state index contributed by atoms with van der Waals surface area (Å²) in [4.78, 5) is 2.88. The van der Waals surface area contributed by atoms with Gasteiger partial charge in [0.2, 0.25) is 0 Å². The van der Waals surface area contributed by atoms with E-state index in [1.807, 2.05) is 0 Å². The van der Waals surface area contributed by atoms with Crippen LogP contribution in [-0.2, 0) is 14.6 Å². The van der Waals surface area contributed by atoms with Gasteiger partial charge in [-0.1, -0.05) is 25.1 Å². The average Bonchev–Trinajstić information content (AvgIpc) is 3.18. The normalized spacial score (nSPS) is 25.3. The molecule has 5 heteroatoms. The van der Waals surface area contributed by atoms with Crippen LogP contribution in [0.15, 0.2) is 35.2 Å². The summed E-state index contributed by atoms with van der Waals surface area (Å²) in [6.07, 6.45) is 5.00. The quantitative estimate of drug-likeness (QED) is 0.800. The SMILES string of the molecule is CCCN1CCC2OC2C1.CS(=O)(=O)c1ccccc1. The van der Waals surface area contributed by atoms with Crippen LogP contribution in [0.5, 0.6) is 0 Å². The molecule has 2 fully saturated rings. The van der Waals surface area contributed by atoms with Gasteiger partial charge in [-0.05, 0) is 31.5 Å². The average molecular weight is 297 g/mol. The van der Waals surface area contributed by atoms with Crippen molar-refractivity contribution in [2.24, 2.45) is 0 Å². The molecule has 0 aromatic heterocycles. The van der Waals surface area contributed by atoms with Crippen molar-refractivity contribution >= 4 is 9.84 Å². The standard InChI is InChI=1S/C8H15NO.C7H8O2S/c1-2-4-9-5-3-7-8(6-9)10-7;1-10(8,9)7-5-3-2-4-6-7/h7-8H,2-6H2,1H3;2-6H,1H3. The molecule has 2 saturated heterocycles. The van der Waals surface area contributed by atoms with Gasteiger partial charge < -0.3 is 9.64 Å². The Morgan fingerprint density at radius 3 is 2.45 bits per heavy atom. The predicted octanol–water partition coefficient (Wildman–Crippen LogP) is 1.96. The second-order valence-electron chi connectivity index (χ2n) is 5.39. The number of benzene rings is 1. The van der Waals surface area contributed by atoms with Crippen LogP contribution in [0, 0.1) is 0 Å². The van der Waals surface area contributed by atoms with E-state index < -0.39 is 9.84 Å². The van der Waals surface area contributed by atoms with E-state index >= 15 is 0 Å². The number of fused-ring (bicyclic) bond motifs is 1. The summed E-state index contributed by atoms with van der Waals surface area (Å²) < 4.78 is 27.1. The third kappa shape index (κ3) is 4.58. The van der Waals surface area contributed by atoms with Crippen LogP contribution in [-0.4, -0.2) is 51.4 Å². The highest BCUT2D eigenvalue weighted by molar-refractivity contribution is 7.90. The molecule has 0 amide bonds. The van der Waals surface area contributed by atoms with Crippen molar-refractivity contribution in [3.8, 4) is 0 Å². The second-order valence-corrected chi connectivity index (χ2v) is 7.40. The van der Waals surface area contributed by atoms with E-state index in [9.17, 15) is 8.42 Å². The third-order valence-corrected chi connectivity index (χ3v) is 4.70. The Morgan fingerprint density at radius 2 is 1.95 bits per heavy atom. The number of ether oxygens (including phenoxy) is 1. The van der Waals surface area contributed by atoms with Crippen LogP contribution in [0.3, 0.4) is 0 Å². The lowest BCUT2D eigenvalue weighted by Crippen LogP contribution is -2.34. The summed E-state index contributed by atoms with van der Waals surface area (Å²) in [5.41, 5.74) is 0. The molecule has 0 bridgehead atoms. The maximum Gasteiger partial charge on any atom is 0.175 e. The monoisotopic (exact) mass is 297 g/mol. The molecule has 2 heterocycles. The van der Waals surface area contributed by atoms with Gasteiger partial charge in [0.25, 0.3) is 0 Å². The van der Waals surface area contributed by atoms with E-state index in [0.29, 0.717) is 17.1 Å². The first-order valence-electron chi connectivity index (χ1n) is 7.13. The summed E-state index contributed by atoms with van der Waals surface area (Å²) in [7, 11) is -3.00. The summed E-state index contributed by atoms with van der Waals surface area (Å²) in [6, 6.07) is 8.35. The van der Waals surface area contributed by atoms with Gasteiger partial charge in [-0.3, -0.25) is 0 Å². The Kier molecular flexibility index (Phi) is 5.18. The zero-order valence-electron chi connectivity index (χ0n) is 12.2. The van der Waals surface area contributed by atoms with Crippen molar-refractivity contribution in [1.29, 1.82) is 0 Å². The number of epoxide rings is 1. The lowest BCUT2D eigenvalue weighted by atomic mass is 10.1. The summed E-state index contributed by atoms with van der Waals surface area (Å²) in [5.74, 6) is 0. The van der Waals surface area contributed by atoms with Gasteiger partial charge >= 0.3 is 0 Å². The molecule has 2 unspecified atom stereocenters. The zero-order chi connectivity index (χ0) is 14.6. The molecule has 0 radical (unpaired) electrons. The molecule has 1 aromatic carbocycles. The number of likely N-dealkylation sites (tertiary alicyclic amines) is 1. The van der Waals surface area contributed by atoms with Crippen molar-refractivity contribution in [3.05, 3.63) is 30.3 Å². The van der Waals surface area contributed by atoms with Crippen molar-refractivity contribution in [2.45, 2.75) is 36.9 Å². The van der Waals surface area contributed by atoms with Crippen LogP contribution in [0.2, 0.25) is 0 Å². The summed E-state index contributed by atoms with van der Waals surface area (Å²) >= 11 is 0. The second kappa shape index (κ2) is 6.70. The molecule has 20 heavy (non-hydrogen) atoms. The molecule has 3 rings (SSSR count). The Hall–Kier alpha value is -0.910. The minimum atomic E-state index is -3.00. The van der Waals surface area contributed by atoms with Crippen molar-refractivity contribution in [1.82, 2.24) is 4.90 Å². The van der Waals surface area contributed by atoms with E-state index in [4.69, 9.17) is 4.74 Å². The van der Waals surface area contributed by atoms with Crippen LogP contribution in [0.25, 0.3) is 0 Å². The lowest BCUT2D eigenvalue weighted by Gasteiger charge is -2.22. The molecule has 2 aliphatic rings. The van der Waals surface area contributed by atoms with Gasteiger partial charge in [-0.25, -0.2) is 8.42 Å². The zero-order valence-corrected chi connectivity index (χ0v) is 13.0. The van der Waals surface area contributed by atoms with Gasteiger partial charge in [-0.15, -0.1) is 0 Å². The smallest absolute Gasteiger partial charge is 0.175 e. The van der Waals surface area contributed by atoms with Crippen molar-refractivity contribution in [2.75, 3.05) is 25.9 Å². The first-order valence-corrected chi connectivity index (χ1v) is 9.02. The molecule has 0 saturated carbocycles. The lowest BCUT2D eigenvalue weighted by molar-refractivity contribution is 0.246. The molecule has 1 aromatic rings. The largest absolute Gasteiger partial charge is 0.368 e. The van der Waals surface area contributed by atoms with Gasteiger partial charge in [-0.2, -0.15) is 0 Å². The minimum absolute atomic E-state index is 0.370. The van der Waals surface area contributed by atoms with Gasteiger partial charge in [0.15, 0.2) is 9.84 Å². The van der Waals surface area contributed by atoms with E-state index in [2.05, 4.69) is 11.8 Å². The van der Waals surface area contributed by atoms with Crippen molar-refractivity contribution in [3.63, 3.8) is 0 Å². The number of rotatable bonds is 3. The highest BCUT2D eigenvalue weighted by Gasteiger charge is 2.42. The fourth-order valence-electron chi connectivity index (χ4n) is 2.44. The van der Waals surface area contributed by atoms with Crippen LogP contribution < -0.4 is 0 Å². The highest BCUT2D eigenvalue weighted by Crippen LogP contribution is 2.30. The topological polar surface area (TPSA) is 49.9 Å². The predicted molar refractivity (Wildman–Crippen MR) is 79.6 cm³/mol. The van der Waals surface area contributed by atoms with E-state index in [1.165, 1.54) is 38.7 Å². The van der Waals surface area contributed by atoms with Gasteiger partial charge in [0.1, 0.15) is 0 Å². The number of piperidine rings is 1. The summed E-state index contributed by atoms with van der Waals surface area (Å²) in [5, 5.41) is 0. The summed E-state index contributed by atoms with van der Waals surface area (Å²) in [6.45, 7) is 5.94. The Labute approximate surface area is 121 Å². The van der Waals surface area contributed by atoms with Crippen LogP contribution in [0.4, 0.5) is 0 Å². The number of nitrogens with zero attached hydrogens (tertiary/aromatic N) is 1. The molecule has 0 spiro atoms. The molecular formula is C15H23NO3S. The fourth-order valence-corrected chi connectivity index (χ4v) is 3.09. The number of sulfone groups is 1. The van der Waals surface area contributed by atoms with Crippen molar-refractivity contribution < 1.29 is 13.2 Å². The third-order valence-electron chi connectivity index (χ3n) is 3.57. The molecular weight excluding hydrogens is 274 g/mol. The first kappa shape index (κ1) is 15.5. The highest BCUT2D eigenvalue weighted by atomic mass is 32.2. The van der Waals surface area contributed by atoms with Gasteiger partial charge in [0.05, 0.1) is 17.1 Å².